The summed E-state index contributed by atoms with van der Waals surface area (Å²) in [4.78, 5) is 0. The van der Waals surface area contributed by atoms with Crippen LogP contribution in [-0.2, 0) is 0 Å². The van der Waals surface area contributed by atoms with Crippen LogP contribution in [0.3, 0.4) is 0 Å². The molecule has 3 heteroatoms. The van der Waals surface area contributed by atoms with Crippen molar-refractivity contribution in [2.75, 3.05) is 13.7 Å². The number of hydrogen-bond acceptors (Lipinski definition) is 3. The minimum atomic E-state index is -0.627. The van der Waals surface area contributed by atoms with Crippen molar-refractivity contribution in [3.05, 3.63) is 24.3 Å². The first-order chi connectivity index (χ1) is 8.22. The van der Waals surface area contributed by atoms with Crippen LogP contribution >= 0.6 is 0 Å². The summed E-state index contributed by atoms with van der Waals surface area (Å²) in [6.45, 7) is 0.388. The summed E-state index contributed by atoms with van der Waals surface area (Å²) in [5, 5.41) is 10.3. The van der Waals surface area contributed by atoms with Crippen LogP contribution in [0.4, 0.5) is 0 Å². The Balaban J connectivity index is 1.87. The molecule has 1 saturated carbocycles. The van der Waals surface area contributed by atoms with E-state index in [2.05, 4.69) is 0 Å². The fourth-order valence-electron chi connectivity index (χ4n) is 2.24. The molecule has 17 heavy (non-hydrogen) atoms. The molecule has 94 valence electrons. The first-order valence-corrected chi connectivity index (χ1v) is 6.21. The monoisotopic (exact) mass is 236 g/mol. The van der Waals surface area contributed by atoms with Crippen LogP contribution in [0.5, 0.6) is 11.5 Å². The van der Waals surface area contributed by atoms with E-state index in [4.69, 9.17) is 9.47 Å². The molecule has 0 aromatic heterocycles. The van der Waals surface area contributed by atoms with Crippen molar-refractivity contribution in [2.45, 2.75) is 37.7 Å². The second-order valence-corrected chi connectivity index (χ2v) is 4.75. The van der Waals surface area contributed by atoms with E-state index in [1.165, 1.54) is 6.42 Å². The van der Waals surface area contributed by atoms with Gasteiger partial charge in [0.1, 0.15) is 18.1 Å². The molecule has 0 radical (unpaired) electrons. The predicted molar refractivity (Wildman–Crippen MR) is 66.5 cm³/mol. The molecule has 0 saturated heterocycles. The lowest BCUT2D eigenvalue weighted by atomic mass is 9.85. The van der Waals surface area contributed by atoms with Gasteiger partial charge in [0.05, 0.1) is 12.7 Å². The Bertz CT molecular complexity index is 339. The molecule has 2 rings (SSSR count). The van der Waals surface area contributed by atoms with Gasteiger partial charge in [0.25, 0.3) is 0 Å². The van der Waals surface area contributed by atoms with Crippen molar-refractivity contribution in [2.24, 2.45) is 0 Å². The van der Waals surface area contributed by atoms with E-state index < -0.39 is 5.60 Å². The fourth-order valence-corrected chi connectivity index (χ4v) is 2.24. The number of benzene rings is 1. The molecule has 1 aliphatic carbocycles. The lowest BCUT2D eigenvalue weighted by Crippen LogP contribution is -2.37. The van der Waals surface area contributed by atoms with Crippen molar-refractivity contribution in [3.63, 3.8) is 0 Å². The van der Waals surface area contributed by atoms with Crippen molar-refractivity contribution < 1.29 is 14.6 Å². The number of methoxy groups -OCH3 is 1. The Morgan fingerprint density at radius 3 is 2.24 bits per heavy atom. The van der Waals surface area contributed by atoms with Gasteiger partial charge in [0.2, 0.25) is 0 Å². The second kappa shape index (κ2) is 5.41. The summed E-state index contributed by atoms with van der Waals surface area (Å²) in [7, 11) is 1.64. The average Bonchev–Trinajstić information content (AvgIpc) is 2.38. The van der Waals surface area contributed by atoms with E-state index in [0.717, 1.165) is 37.2 Å². The van der Waals surface area contributed by atoms with Gasteiger partial charge in [0, 0.05) is 0 Å². The standard InChI is InChI=1S/C14H20O3/c1-16-12-5-7-13(8-6-12)17-11-14(15)9-3-2-4-10-14/h5-8,15H,2-4,9-11H2,1H3. The van der Waals surface area contributed by atoms with Crippen LogP contribution in [0.25, 0.3) is 0 Å². The van der Waals surface area contributed by atoms with Gasteiger partial charge in [-0.25, -0.2) is 0 Å². The normalized spacial score (nSPS) is 18.7. The molecule has 1 aromatic rings. The summed E-state index contributed by atoms with van der Waals surface area (Å²) in [5.41, 5.74) is -0.627. The predicted octanol–water partition coefficient (Wildman–Crippen LogP) is 2.77. The third kappa shape index (κ3) is 3.37. The molecule has 1 N–H and O–H groups in total. The molecule has 0 unspecified atom stereocenters. The fraction of sp³-hybridized carbons (Fsp3) is 0.571. The zero-order valence-corrected chi connectivity index (χ0v) is 10.3. The van der Waals surface area contributed by atoms with Gasteiger partial charge in [-0.15, -0.1) is 0 Å². The molecule has 1 aromatic carbocycles. The van der Waals surface area contributed by atoms with Gasteiger partial charge in [-0.1, -0.05) is 19.3 Å². The first-order valence-electron chi connectivity index (χ1n) is 6.21. The topological polar surface area (TPSA) is 38.7 Å². The third-order valence-corrected chi connectivity index (χ3v) is 3.35. The van der Waals surface area contributed by atoms with Crippen molar-refractivity contribution >= 4 is 0 Å². The van der Waals surface area contributed by atoms with Crippen LogP contribution in [0.15, 0.2) is 24.3 Å². The molecule has 0 aliphatic heterocycles. The zero-order valence-electron chi connectivity index (χ0n) is 10.3. The maximum Gasteiger partial charge on any atom is 0.119 e. The molecule has 3 nitrogen and oxygen atoms in total. The Kier molecular flexibility index (Phi) is 3.89. The molecular weight excluding hydrogens is 216 g/mol. The number of ether oxygens (including phenoxy) is 2. The highest BCUT2D eigenvalue weighted by Crippen LogP contribution is 2.29. The van der Waals surface area contributed by atoms with Gasteiger partial charge < -0.3 is 14.6 Å². The van der Waals surface area contributed by atoms with E-state index in [1.54, 1.807) is 7.11 Å². The Morgan fingerprint density at radius 2 is 1.65 bits per heavy atom. The van der Waals surface area contributed by atoms with E-state index >= 15 is 0 Å². The second-order valence-electron chi connectivity index (χ2n) is 4.75. The number of hydrogen-bond donors (Lipinski definition) is 1. The molecule has 1 fully saturated rings. The molecule has 0 heterocycles. The molecule has 0 amide bonds. The summed E-state index contributed by atoms with van der Waals surface area (Å²) in [6.07, 6.45) is 5.13. The summed E-state index contributed by atoms with van der Waals surface area (Å²) >= 11 is 0. The van der Waals surface area contributed by atoms with Gasteiger partial charge >= 0.3 is 0 Å². The maximum absolute atomic E-state index is 10.3. The highest BCUT2D eigenvalue weighted by molar-refractivity contribution is 5.31. The van der Waals surface area contributed by atoms with Crippen molar-refractivity contribution in [1.82, 2.24) is 0 Å². The van der Waals surface area contributed by atoms with E-state index in [1.807, 2.05) is 24.3 Å². The summed E-state index contributed by atoms with van der Waals surface area (Å²) in [6, 6.07) is 7.45. The number of rotatable bonds is 4. The lowest BCUT2D eigenvalue weighted by molar-refractivity contribution is -0.0339. The van der Waals surface area contributed by atoms with Crippen LogP contribution < -0.4 is 9.47 Å². The summed E-state index contributed by atoms with van der Waals surface area (Å²) in [5.74, 6) is 1.60. The quantitative estimate of drug-likeness (QED) is 0.873. The number of aliphatic hydroxyl groups is 1. The molecule has 0 bridgehead atoms. The van der Waals surface area contributed by atoms with Crippen LogP contribution in [0, 0.1) is 0 Å². The SMILES string of the molecule is COc1ccc(OCC2(O)CCCCC2)cc1. The Labute approximate surface area is 102 Å². The van der Waals surface area contributed by atoms with Crippen LogP contribution in [-0.4, -0.2) is 24.4 Å². The maximum atomic E-state index is 10.3. The minimum absolute atomic E-state index is 0.388. The van der Waals surface area contributed by atoms with Crippen LogP contribution in [0.1, 0.15) is 32.1 Å². The first kappa shape index (κ1) is 12.2. The van der Waals surface area contributed by atoms with Gasteiger partial charge in [-0.3, -0.25) is 0 Å². The Morgan fingerprint density at radius 1 is 1.06 bits per heavy atom. The zero-order chi connectivity index (χ0) is 12.1. The summed E-state index contributed by atoms with van der Waals surface area (Å²) < 4.78 is 10.7. The minimum Gasteiger partial charge on any atom is -0.497 e. The molecule has 0 atom stereocenters. The van der Waals surface area contributed by atoms with E-state index in [9.17, 15) is 5.11 Å². The highest BCUT2D eigenvalue weighted by atomic mass is 16.5. The molecule has 0 spiro atoms. The van der Waals surface area contributed by atoms with Crippen molar-refractivity contribution in [1.29, 1.82) is 0 Å². The van der Waals surface area contributed by atoms with Crippen LogP contribution in [0.2, 0.25) is 0 Å². The highest BCUT2D eigenvalue weighted by Gasteiger charge is 2.29. The van der Waals surface area contributed by atoms with Gasteiger partial charge in [-0.2, -0.15) is 0 Å². The van der Waals surface area contributed by atoms with Gasteiger partial charge in [0.15, 0.2) is 0 Å². The average molecular weight is 236 g/mol. The lowest BCUT2D eigenvalue weighted by Gasteiger charge is -2.31. The van der Waals surface area contributed by atoms with E-state index in [-0.39, 0.29) is 0 Å². The molecular formula is C14H20O3. The largest absolute Gasteiger partial charge is 0.497 e. The van der Waals surface area contributed by atoms with Gasteiger partial charge in [-0.05, 0) is 37.1 Å². The Hall–Kier alpha value is -1.22. The third-order valence-electron chi connectivity index (χ3n) is 3.35. The van der Waals surface area contributed by atoms with Crippen molar-refractivity contribution in [3.8, 4) is 11.5 Å². The smallest absolute Gasteiger partial charge is 0.119 e. The van der Waals surface area contributed by atoms with E-state index in [0.29, 0.717) is 6.61 Å². The molecule has 1 aliphatic rings.